The van der Waals surface area contributed by atoms with Crippen molar-refractivity contribution in [2.75, 3.05) is 5.73 Å². The number of nitrogens with zero attached hydrogens (tertiary/aromatic N) is 1. The summed E-state index contributed by atoms with van der Waals surface area (Å²) < 4.78 is 18.0. The van der Waals surface area contributed by atoms with Gasteiger partial charge in [0, 0.05) is 6.07 Å². The van der Waals surface area contributed by atoms with Crippen LogP contribution in [0.1, 0.15) is 0 Å². The topological polar surface area (TPSA) is 92.5 Å². The Bertz CT molecular complexity index is 510. The summed E-state index contributed by atoms with van der Waals surface area (Å²) in [5.74, 6) is -1.76. The molecule has 78 valence electrons. The number of anilines is 1. The molecule has 2 rings (SSSR count). The van der Waals surface area contributed by atoms with Crippen molar-refractivity contribution in [3.63, 3.8) is 0 Å². The van der Waals surface area contributed by atoms with E-state index in [4.69, 9.17) is 5.73 Å². The molecule has 0 amide bonds. The van der Waals surface area contributed by atoms with Crippen molar-refractivity contribution in [3.8, 4) is 22.8 Å². The van der Waals surface area contributed by atoms with Crippen LogP contribution in [0.15, 0.2) is 22.7 Å². The molecule has 0 bridgehead atoms. The van der Waals surface area contributed by atoms with Crippen molar-refractivity contribution in [2.24, 2.45) is 0 Å². The fourth-order valence-electron chi connectivity index (χ4n) is 1.20. The highest BCUT2D eigenvalue weighted by molar-refractivity contribution is 5.71. The Morgan fingerprint density at radius 2 is 2.07 bits per heavy atom. The molecular weight excluding hydrogens is 203 g/mol. The minimum absolute atomic E-state index is 0.0431. The first-order valence-corrected chi connectivity index (χ1v) is 4.02. The maximum atomic E-state index is 13.3. The molecule has 0 atom stereocenters. The van der Waals surface area contributed by atoms with Gasteiger partial charge in [0.05, 0.1) is 0 Å². The number of phenols is 2. The minimum atomic E-state index is -0.735. The summed E-state index contributed by atoms with van der Waals surface area (Å²) in [7, 11) is 0. The summed E-state index contributed by atoms with van der Waals surface area (Å²) in [6, 6.07) is 3.29. The summed E-state index contributed by atoms with van der Waals surface area (Å²) in [5, 5.41) is 22.0. The zero-order valence-electron chi connectivity index (χ0n) is 7.44. The molecule has 0 radical (unpaired) electrons. The lowest BCUT2D eigenvalue weighted by molar-refractivity contribution is 0.394. The van der Waals surface area contributed by atoms with E-state index in [1.165, 1.54) is 6.07 Å². The lowest BCUT2D eigenvalue weighted by atomic mass is 10.1. The Morgan fingerprint density at radius 3 is 2.67 bits per heavy atom. The van der Waals surface area contributed by atoms with E-state index in [9.17, 15) is 14.6 Å². The molecule has 0 fully saturated rings. The molecule has 0 saturated heterocycles. The summed E-state index contributed by atoms with van der Waals surface area (Å²) in [6.07, 6.45) is 0. The van der Waals surface area contributed by atoms with Crippen molar-refractivity contribution < 1.29 is 19.1 Å². The third-order valence-electron chi connectivity index (χ3n) is 1.88. The van der Waals surface area contributed by atoms with Crippen LogP contribution < -0.4 is 5.73 Å². The molecule has 4 N–H and O–H groups in total. The van der Waals surface area contributed by atoms with Gasteiger partial charge in [0.15, 0.2) is 23.1 Å². The van der Waals surface area contributed by atoms with E-state index in [1.54, 1.807) is 0 Å². The van der Waals surface area contributed by atoms with Crippen LogP contribution in [0, 0.1) is 5.82 Å². The van der Waals surface area contributed by atoms with Gasteiger partial charge in [-0.25, -0.2) is 4.39 Å². The van der Waals surface area contributed by atoms with E-state index in [-0.39, 0.29) is 17.1 Å². The van der Waals surface area contributed by atoms with E-state index >= 15 is 0 Å². The summed E-state index contributed by atoms with van der Waals surface area (Å²) >= 11 is 0. The smallest absolute Gasteiger partial charge is 0.175 e. The molecule has 0 aliphatic heterocycles. The molecule has 2 aromatic rings. The second kappa shape index (κ2) is 3.16. The number of hydrogen-bond donors (Lipinski definition) is 3. The highest BCUT2D eigenvalue weighted by Crippen LogP contribution is 2.38. The Hall–Kier alpha value is -2.24. The molecule has 0 saturated carbocycles. The number of nitrogen functional groups attached to an aromatic ring is 1. The van der Waals surface area contributed by atoms with Crippen LogP contribution >= 0.6 is 0 Å². The average molecular weight is 210 g/mol. The average Bonchev–Trinajstić information content (AvgIpc) is 2.59. The Morgan fingerprint density at radius 1 is 1.33 bits per heavy atom. The first-order chi connectivity index (χ1) is 7.09. The van der Waals surface area contributed by atoms with Gasteiger partial charge >= 0.3 is 0 Å². The zero-order valence-corrected chi connectivity index (χ0v) is 7.44. The number of halogens is 1. The SMILES string of the molecule is Nc1cc(-c2c(F)ccc(O)c2O)on1. The van der Waals surface area contributed by atoms with E-state index < -0.39 is 17.3 Å². The molecular formula is C9H7FN2O3. The predicted molar refractivity (Wildman–Crippen MR) is 49.6 cm³/mol. The van der Waals surface area contributed by atoms with E-state index in [2.05, 4.69) is 9.68 Å². The molecule has 6 heteroatoms. The largest absolute Gasteiger partial charge is 0.504 e. The van der Waals surface area contributed by atoms with Gasteiger partial charge in [-0.15, -0.1) is 0 Å². The van der Waals surface area contributed by atoms with E-state index in [1.807, 2.05) is 0 Å². The predicted octanol–water partition coefficient (Wildman–Crippen LogP) is 1.47. The van der Waals surface area contributed by atoms with Gasteiger partial charge in [-0.3, -0.25) is 0 Å². The summed E-state index contributed by atoms with van der Waals surface area (Å²) in [5.41, 5.74) is 5.02. The van der Waals surface area contributed by atoms with Gasteiger partial charge in [0.2, 0.25) is 0 Å². The number of aromatic hydroxyl groups is 2. The third kappa shape index (κ3) is 1.45. The Balaban J connectivity index is 2.66. The lowest BCUT2D eigenvalue weighted by Gasteiger charge is -2.03. The van der Waals surface area contributed by atoms with Gasteiger partial charge in [0.1, 0.15) is 11.4 Å². The quantitative estimate of drug-likeness (QED) is 0.620. The molecule has 15 heavy (non-hydrogen) atoms. The van der Waals surface area contributed by atoms with Crippen LogP contribution in [0.4, 0.5) is 10.2 Å². The maximum absolute atomic E-state index is 13.3. The summed E-state index contributed by atoms with van der Waals surface area (Å²) in [6.45, 7) is 0. The van der Waals surface area contributed by atoms with Crippen molar-refractivity contribution >= 4 is 5.82 Å². The molecule has 0 spiro atoms. The fourth-order valence-corrected chi connectivity index (χ4v) is 1.20. The van der Waals surface area contributed by atoms with Crippen molar-refractivity contribution in [1.29, 1.82) is 0 Å². The minimum Gasteiger partial charge on any atom is -0.504 e. The Kier molecular flexibility index (Phi) is 1.96. The number of phenolic OH excluding ortho intramolecular Hbond substituents is 2. The lowest BCUT2D eigenvalue weighted by Crippen LogP contribution is -1.84. The highest BCUT2D eigenvalue weighted by Gasteiger charge is 2.18. The second-order valence-corrected chi connectivity index (χ2v) is 2.91. The van der Waals surface area contributed by atoms with Crippen LogP contribution in [0.25, 0.3) is 11.3 Å². The molecule has 1 aromatic heterocycles. The fraction of sp³-hybridized carbons (Fsp3) is 0. The van der Waals surface area contributed by atoms with Crippen LogP contribution in [0.5, 0.6) is 11.5 Å². The Labute approximate surface area is 83.5 Å². The standard InChI is InChI=1S/C9H7FN2O3/c10-4-1-2-5(13)9(14)8(4)6-3-7(11)12-15-6/h1-3,13-14H,(H2,11,12). The number of nitrogens with two attached hydrogens (primary N) is 1. The number of aromatic nitrogens is 1. The van der Waals surface area contributed by atoms with Crippen LogP contribution in [0.2, 0.25) is 0 Å². The van der Waals surface area contributed by atoms with Crippen LogP contribution in [-0.2, 0) is 0 Å². The second-order valence-electron chi connectivity index (χ2n) is 2.91. The van der Waals surface area contributed by atoms with Crippen molar-refractivity contribution in [3.05, 3.63) is 24.0 Å². The summed E-state index contributed by atoms with van der Waals surface area (Å²) in [4.78, 5) is 0. The molecule has 0 aliphatic carbocycles. The normalized spacial score (nSPS) is 10.5. The van der Waals surface area contributed by atoms with E-state index in [0.717, 1.165) is 12.1 Å². The highest BCUT2D eigenvalue weighted by atomic mass is 19.1. The van der Waals surface area contributed by atoms with Gasteiger partial charge in [-0.1, -0.05) is 5.16 Å². The van der Waals surface area contributed by atoms with Crippen molar-refractivity contribution in [2.45, 2.75) is 0 Å². The first kappa shape index (κ1) is 9.32. The van der Waals surface area contributed by atoms with Crippen LogP contribution in [0.3, 0.4) is 0 Å². The number of rotatable bonds is 1. The molecule has 0 unspecified atom stereocenters. The van der Waals surface area contributed by atoms with Gasteiger partial charge in [-0.05, 0) is 12.1 Å². The maximum Gasteiger partial charge on any atom is 0.175 e. The third-order valence-corrected chi connectivity index (χ3v) is 1.88. The number of hydrogen-bond acceptors (Lipinski definition) is 5. The molecule has 5 nitrogen and oxygen atoms in total. The first-order valence-electron chi connectivity index (χ1n) is 4.02. The molecule has 0 aliphatic rings. The van der Waals surface area contributed by atoms with Gasteiger partial charge in [0.25, 0.3) is 0 Å². The molecule has 1 aromatic carbocycles. The molecule has 1 heterocycles. The van der Waals surface area contributed by atoms with Gasteiger partial charge in [-0.2, -0.15) is 0 Å². The van der Waals surface area contributed by atoms with E-state index in [0.29, 0.717) is 0 Å². The zero-order chi connectivity index (χ0) is 11.0. The number of benzene rings is 1. The van der Waals surface area contributed by atoms with Gasteiger partial charge < -0.3 is 20.5 Å². The van der Waals surface area contributed by atoms with Crippen LogP contribution in [-0.4, -0.2) is 15.4 Å². The van der Waals surface area contributed by atoms with Crippen molar-refractivity contribution in [1.82, 2.24) is 5.16 Å². The monoisotopic (exact) mass is 210 g/mol.